The van der Waals surface area contributed by atoms with E-state index in [4.69, 9.17) is 10.1 Å². The van der Waals surface area contributed by atoms with E-state index in [1.54, 1.807) is 4.90 Å². The van der Waals surface area contributed by atoms with Gasteiger partial charge in [-0.15, -0.1) is 0 Å². The van der Waals surface area contributed by atoms with Crippen molar-refractivity contribution in [1.82, 2.24) is 4.90 Å². The molecule has 1 N–H and O–H groups in total. The number of hydrogen-bond acceptors (Lipinski definition) is 3. The average Bonchev–Trinajstić information content (AvgIpc) is 2.05. The van der Waals surface area contributed by atoms with Crippen LogP contribution in [0.15, 0.2) is 0 Å². The first-order valence-corrected chi connectivity index (χ1v) is 4.82. The van der Waals surface area contributed by atoms with E-state index in [2.05, 4.69) is 0 Å². The summed E-state index contributed by atoms with van der Waals surface area (Å²) in [6.45, 7) is 0.783. The number of nitrogens with one attached hydrogen (secondary N) is 1. The fourth-order valence-electron chi connectivity index (χ4n) is 0.934. The number of likely N-dealkylation sites (N-methyl/N-ethyl adjacent to an activating group) is 1. The van der Waals surface area contributed by atoms with E-state index in [1.807, 2.05) is 25.9 Å². The summed E-state index contributed by atoms with van der Waals surface area (Å²) in [5.41, 5.74) is 0. The Hall–Kier alpha value is -0.220. The molecule has 0 aliphatic carbocycles. The monoisotopic (exact) mass is 174 g/mol. The molecular formula is C7H14N2OS. The van der Waals surface area contributed by atoms with Gasteiger partial charge in [-0.1, -0.05) is 0 Å². The van der Waals surface area contributed by atoms with Gasteiger partial charge in [-0.25, -0.2) is 0 Å². The van der Waals surface area contributed by atoms with Crippen molar-refractivity contribution in [2.45, 2.75) is 6.10 Å². The first kappa shape index (κ1) is 8.87. The number of nitrogens with zero attached hydrogens (tertiary/aromatic N) is 1. The molecule has 0 radical (unpaired) electrons. The average molecular weight is 174 g/mol. The fraction of sp³-hybridized carbons (Fsp3) is 0.857. The maximum absolute atomic E-state index is 7.63. The highest BCUT2D eigenvalue weighted by Gasteiger charge is 2.19. The van der Waals surface area contributed by atoms with Crippen LogP contribution in [0.5, 0.6) is 0 Å². The van der Waals surface area contributed by atoms with Crippen molar-refractivity contribution in [3.8, 4) is 0 Å². The predicted octanol–water partition coefficient (Wildman–Crippen LogP) is 0.657. The molecule has 1 rings (SSSR count). The minimum atomic E-state index is 0.0174. The molecule has 1 atom stereocenters. The molecule has 0 aromatic heterocycles. The summed E-state index contributed by atoms with van der Waals surface area (Å²) in [7, 11) is 3.76. The molecule has 4 heteroatoms. The van der Waals surface area contributed by atoms with Crippen LogP contribution in [0.2, 0.25) is 0 Å². The van der Waals surface area contributed by atoms with Gasteiger partial charge in [0, 0.05) is 25.6 Å². The topological polar surface area (TPSA) is 36.3 Å². The van der Waals surface area contributed by atoms with Crippen molar-refractivity contribution in [3.63, 3.8) is 0 Å². The van der Waals surface area contributed by atoms with E-state index in [1.165, 1.54) is 0 Å². The van der Waals surface area contributed by atoms with Gasteiger partial charge < -0.3 is 9.64 Å². The molecule has 64 valence electrons. The van der Waals surface area contributed by atoms with Crippen molar-refractivity contribution >= 4 is 17.6 Å². The molecule has 1 heterocycles. The first-order chi connectivity index (χ1) is 5.22. The van der Waals surface area contributed by atoms with Crippen LogP contribution < -0.4 is 0 Å². The van der Waals surface area contributed by atoms with Gasteiger partial charge in [0.05, 0.1) is 6.61 Å². The van der Waals surface area contributed by atoms with Crippen molar-refractivity contribution < 1.29 is 4.74 Å². The van der Waals surface area contributed by atoms with Crippen molar-refractivity contribution in [1.29, 1.82) is 5.41 Å². The van der Waals surface area contributed by atoms with Crippen molar-refractivity contribution in [3.05, 3.63) is 0 Å². The Morgan fingerprint density at radius 2 is 2.36 bits per heavy atom. The SMILES string of the molecule is CN(C)C(=N)C1CSCCO1. The fourth-order valence-corrected chi connectivity index (χ4v) is 1.78. The van der Waals surface area contributed by atoms with E-state index in [0.29, 0.717) is 5.84 Å². The highest BCUT2D eigenvalue weighted by atomic mass is 32.2. The smallest absolute Gasteiger partial charge is 0.126 e. The maximum Gasteiger partial charge on any atom is 0.126 e. The standard InChI is InChI=1S/C7H14N2OS/c1-9(2)7(8)6-5-11-4-3-10-6/h6,8H,3-5H2,1-2H3. The van der Waals surface area contributed by atoms with Crippen LogP contribution in [0.25, 0.3) is 0 Å². The Kier molecular flexibility index (Phi) is 3.20. The van der Waals surface area contributed by atoms with Crippen LogP contribution in [-0.4, -0.2) is 49.0 Å². The summed E-state index contributed by atoms with van der Waals surface area (Å²) >= 11 is 1.86. The highest BCUT2D eigenvalue weighted by Crippen LogP contribution is 2.13. The molecule has 3 nitrogen and oxygen atoms in total. The number of amidine groups is 1. The molecule has 0 saturated carbocycles. The van der Waals surface area contributed by atoms with E-state index in [-0.39, 0.29) is 6.10 Å². The summed E-state index contributed by atoms with van der Waals surface area (Å²) in [6.07, 6.45) is 0.0174. The highest BCUT2D eigenvalue weighted by molar-refractivity contribution is 7.99. The molecule has 0 aromatic rings. The quantitative estimate of drug-likeness (QED) is 0.468. The van der Waals surface area contributed by atoms with Gasteiger partial charge >= 0.3 is 0 Å². The molecule has 0 spiro atoms. The van der Waals surface area contributed by atoms with E-state index in [0.717, 1.165) is 18.1 Å². The molecule has 1 saturated heterocycles. The molecule has 0 amide bonds. The molecule has 0 aromatic carbocycles. The Balaban J connectivity index is 2.39. The van der Waals surface area contributed by atoms with Crippen molar-refractivity contribution in [2.75, 3.05) is 32.2 Å². The second kappa shape index (κ2) is 3.97. The first-order valence-electron chi connectivity index (χ1n) is 3.67. The maximum atomic E-state index is 7.63. The van der Waals surface area contributed by atoms with Crippen LogP contribution in [0, 0.1) is 5.41 Å². The van der Waals surface area contributed by atoms with E-state index >= 15 is 0 Å². The lowest BCUT2D eigenvalue weighted by molar-refractivity contribution is 0.113. The normalized spacial score (nSPS) is 24.7. The number of rotatable bonds is 1. The summed E-state index contributed by atoms with van der Waals surface area (Å²) in [6, 6.07) is 0. The second-order valence-corrected chi connectivity index (χ2v) is 3.86. The van der Waals surface area contributed by atoms with Crippen LogP contribution in [0.3, 0.4) is 0 Å². The Bertz CT molecular complexity index is 143. The van der Waals surface area contributed by atoms with Gasteiger partial charge in [0.1, 0.15) is 11.9 Å². The zero-order valence-electron chi connectivity index (χ0n) is 6.96. The Morgan fingerprint density at radius 1 is 1.64 bits per heavy atom. The number of thioether (sulfide) groups is 1. The lowest BCUT2D eigenvalue weighted by atomic mass is 10.3. The van der Waals surface area contributed by atoms with Crippen LogP contribution in [0.1, 0.15) is 0 Å². The third kappa shape index (κ3) is 2.38. The van der Waals surface area contributed by atoms with Gasteiger partial charge in [0.15, 0.2) is 0 Å². The van der Waals surface area contributed by atoms with Gasteiger partial charge in [-0.05, 0) is 0 Å². The van der Waals surface area contributed by atoms with Crippen LogP contribution in [0.4, 0.5) is 0 Å². The minimum Gasteiger partial charge on any atom is -0.369 e. The zero-order valence-corrected chi connectivity index (χ0v) is 7.78. The lowest BCUT2D eigenvalue weighted by Crippen LogP contribution is -2.39. The van der Waals surface area contributed by atoms with E-state index in [9.17, 15) is 0 Å². The molecule has 1 aliphatic rings. The van der Waals surface area contributed by atoms with Gasteiger partial charge in [-0.2, -0.15) is 11.8 Å². The predicted molar refractivity (Wildman–Crippen MR) is 48.5 cm³/mol. The second-order valence-electron chi connectivity index (χ2n) is 2.71. The summed E-state index contributed by atoms with van der Waals surface area (Å²) in [4.78, 5) is 1.80. The van der Waals surface area contributed by atoms with Gasteiger partial charge in [0.25, 0.3) is 0 Å². The third-order valence-corrected chi connectivity index (χ3v) is 2.60. The number of ether oxygens (including phenoxy) is 1. The molecule has 1 unspecified atom stereocenters. The summed E-state index contributed by atoms with van der Waals surface area (Å²) < 4.78 is 5.41. The molecule has 0 bridgehead atoms. The Labute approximate surface area is 71.6 Å². The largest absolute Gasteiger partial charge is 0.369 e. The molecule has 1 fully saturated rings. The van der Waals surface area contributed by atoms with E-state index < -0.39 is 0 Å². The molecule has 1 aliphatic heterocycles. The Morgan fingerprint density at radius 3 is 2.82 bits per heavy atom. The van der Waals surface area contributed by atoms with Crippen LogP contribution >= 0.6 is 11.8 Å². The summed E-state index contributed by atoms with van der Waals surface area (Å²) in [5.74, 6) is 2.58. The van der Waals surface area contributed by atoms with Crippen molar-refractivity contribution in [2.24, 2.45) is 0 Å². The van der Waals surface area contributed by atoms with Gasteiger partial charge in [0.2, 0.25) is 0 Å². The lowest BCUT2D eigenvalue weighted by Gasteiger charge is -2.26. The molecular weight excluding hydrogens is 160 g/mol. The third-order valence-electron chi connectivity index (χ3n) is 1.60. The zero-order chi connectivity index (χ0) is 8.27. The number of hydrogen-bond donors (Lipinski definition) is 1. The summed E-state index contributed by atoms with van der Waals surface area (Å²) in [5, 5.41) is 7.63. The minimum absolute atomic E-state index is 0.0174. The van der Waals surface area contributed by atoms with Crippen LogP contribution in [-0.2, 0) is 4.74 Å². The van der Waals surface area contributed by atoms with Gasteiger partial charge in [-0.3, -0.25) is 5.41 Å². The molecule has 11 heavy (non-hydrogen) atoms.